The van der Waals surface area contributed by atoms with E-state index in [0.29, 0.717) is 28.7 Å². The molecule has 0 aliphatic carbocycles. The van der Waals surface area contributed by atoms with Crippen molar-refractivity contribution in [3.63, 3.8) is 0 Å². The van der Waals surface area contributed by atoms with Gasteiger partial charge >= 0.3 is 5.97 Å². The van der Waals surface area contributed by atoms with Gasteiger partial charge in [-0.2, -0.15) is 0 Å². The Morgan fingerprint density at radius 2 is 1.84 bits per heavy atom. The van der Waals surface area contributed by atoms with Gasteiger partial charge in [-0.15, -0.1) is 0 Å². The number of phenols is 1. The van der Waals surface area contributed by atoms with Crippen molar-refractivity contribution in [3.05, 3.63) is 89.5 Å². The molecule has 0 aromatic heterocycles. The quantitative estimate of drug-likeness (QED) is 0.512. The molecule has 2 aromatic rings. The van der Waals surface area contributed by atoms with Crippen molar-refractivity contribution >= 4 is 11.8 Å². The highest BCUT2D eigenvalue weighted by molar-refractivity contribution is 5.96. The molecule has 1 aliphatic heterocycles. The predicted octanol–water partition coefficient (Wildman–Crippen LogP) is 3.90. The van der Waals surface area contributed by atoms with Gasteiger partial charge in [0, 0.05) is 17.5 Å². The third-order valence-electron chi connectivity index (χ3n) is 4.32. The molecule has 0 saturated carbocycles. The Morgan fingerprint density at radius 1 is 1.16 bits per heavy atom. The third-order valence-corrected chi connectivity index (χ3v) is 4.32. The normalized spacial score (nSPS) is 18.8. The second-order valence-electron chi connectivity index (χ2n) is 5.84. The van der Waals surface area contributed by atoms with Crippen LogP contribution < -0.4 is 0 Å². The molecule has 126 valence electrons. The summed E-state index contributed by atoms with van der Waals surface area (Å²) in [7, 11) is 0. The van der Waals surface area contributed by atoms with E-state index in [1.54, 1.807) is 37.3 Å². The summed E-state index contributed by atoms with van der Waals surface area (Å²) < 4.78 is 5.79. The zero-order valence-electron chi connectivity index (χ0n) is 13.9. The largest absolute Gasteiger partial charge is 0.508 e. The lowest BCUT2D eigenvalue weighted by Gasteiger charge is -2.30. The monoisotopic (exact) mass is 334 g/mol. The standard InChI is InChI=1S/C21H18O4/c1-3-16(22)11-8-14(2)21(15-9-12-17(23)13-10-15)19-7-5-4-6-18(19)20(24)25-21/h4-13,23H,2-3H2,1H3/b11-8-. The molecule has 1 heterocycles. The predicted molar refractivity (Wildman–Crippen MR) is 94.3 cm³/mol. The van der Waals surface area contributed by atoms with Crippen LogP contribution in [-0.2, 0) is 15.1 Å². The molecule has 0 bridgehead atoms. The van der Waals surface area contributed by atoms with Crippen molar-refractivity contribution in [1.82, 2.24) is 0 Å². The summed E-state index contributed by atoms with van der Waals surface area (Å²) in [5.41, 5.74) is 1.04. The molecule has 2 aromatic carbocycles. The Bertz CT molecular complexity index is 877. The lowest BCUT2D eigenvalue weighted by atomic mass is 9.80. The first-order valence-electron chi connectivity index (χ1n) is 8.01. The van der Waals surface area contributed by atoms with Crippen LogP contribution in [0.5, 0.6) is 5.75 Å². The minimum Gasteiger partial charge on any atom is -0.508 e. The van der Waals surface area contributed by atoms with Crippen LogP contribution in [0, 0.1) is 0 Å². The zero-order chi connectivity index (χ0) is 18.0. The summed E-state index contributed by atoms with van der Waals surface area (Å²) >= 11 is 0. The number of hydrogen-bond donors (Lipinski definition) is 1. The van der Waals surface area contributed by atoms with Gasteiger partial charge < -0.3 is 9.84 Å². The highest BCUT2D eigenvalue weighted by Crippen LogP contribution is 2.47. The molecule has 0 radical (unpaired) electrons. The molecule has 0 spiro atoms. The third kappa shape index (κ3) is 2.76. The number of esters is 1. The van der Waals surface area contributed by atoms with E-state index in [1.807, 2.05) is 12.1 Å². The maximum absolute atomic E-state index is 12.4. The van der Waals surface area contributed by atoms with E-state index < -0.39 is 11.6 Å². The van der Waals surface area contributed by atoms with Gasteiger partial charge in [-0.05, 0) is 29.8 Å². The van der Waals surface area contributed by atoms with E-state index in [1.165, 1.54) is 18.2 Å². The van der Waals surface area contributed by atoms with E-state index in [2.05, 4.69) is 6.58 Å². The number of carbonyl (C=O) groups is 2. The van der Waals surface area contributed by atoms with Gasteiger partial charge in [0.25, 0.3) is 0 Å². The fourth-order valence-electron chi connectivity index (χ4n) is 2.98. The summed E-state index contributed by atoms with van der Waals surface area (Å²) in [5.74, 6) is -0.376. The number of fused-ring (bicyclic) bond motifs is 1. The summed E-state index contributed by atoms with van der Waals surface area (Å²) in [4.78, 5) is 24.1. The zero-order valence-corrected chi connectivity index (χ0v) is 13.9. The smallest absolute Gasteiger partial charge is 0.340 e. The van der Waals surface area contributed by atoms with Crippen molar-refractivity contribution in [2.45, 2.75) is 18.9 Å². The molecule has 3 rings (SSSR count). The molecular weight excluding hydrogens is 316 g/mol. The molecular formula is C21H18O4. The van der Waals surface area contributed by atoms with Crippen molar-refractivity contribution in [2.24, 2.45) is 0 Å². The van der Waals surface area contributed by atoms with Crippen LogP contribution >= 0.6 is 0 Å². The van der Waals surface area contributed by atoms with Crippen LogP contribution in [0.15, 0.2) is 72.8 Å². The van der Waals surface area contributed by atoms with Crippen LogP contribution in [0.25, 0.3) is 0 Å². The average molecular weight is 334 g/mol. The number of cyclic esters (lactones) is 1. The Kier molecular flexibility index (Phi) is 4.28. The molecule has 1 atom stereocenters. The van der Waals surface area contributed by atoms with Crippen LogP contribution in [0.2, 0.25) is 0 Å². The topological polar surface area (TPSA) is 63.6 Å². The van der Waals surface area contributed by atoms with Crippen LogP contribution in [0.1, 0.15) is 34.8 Å². The molecule has 0 saturated heterocycles. The second-order valence-corrected chi connectivity index (χ2v) is 5.84. The maximum Gasteiger partial charge on any atom is 0.340 e. The fraction of sp³-hybridized carbons (Fsp3) is 0.143. The minimum absolute atomic E-state index is 0.0420. The number of aromatic hydroxyl groups is 1. The van der Waals surface area contributed by atoms with Crippen LogP contribution in [-0.4, -0.2) is 16.9 Å². The van der Waals surface area contributed by atoms with Gasteiger partial charge in [0.05, 0.1) is 5.56 Å². The summed E-state index contributed by atoms with van der Waals surface area (Å²) in [6, 6.07) is 13.5. The first kappa shape index (κ1) is 16.7. The molecule has 4 heteroatoms. The molecule has 0 amide bonds. The number of phenolic OH excluding ortho intramolecular Hbond substituents is 1. The Hall–Kier alpha value is -3.14. The molecule has 0 fully saturated rings. The minimum atomic E-state index is -1.22. The van der Waals surface area contributed by atoms with Gasteiger partial charge in [-0.1, -0.05) is 49.9 Å². The summed E-state index contributed by atoms with van der Waals surface area (Å²) in [6.45, 7) is 5.84. The highest BCUT2D eigenvalue weighted by atomic mass is 16.6. The molecule has 25 heavy (non-hydrogen) atoms. The van der Waals surface area contributed by atoms with E-state index >= 15 is 0 Å². The first-order valence-corrected chi connectivity index (χ1v) is 8.01. The van der Waals surface area contributed by atoms with Crippen LogP contribution in [0.3, 0.4) is 0 Å². The number of allylic oxidation sites excluding steroid dienone is 1. The summed E-state index contributed by atoms with van der Waals surface area (Å²) in [6.07, 6.45) is 3.42. The van der Waals surface area contributed by atoms with Crippen molar-refractivity contribution in [1.29, 1.82) is 0 Å². The van der Waals surface area contributed by atoms with Gasteiger partial charge in [0.1, 0.15) is 5.75 Å². The van der Waals surface area contributed by atoms with Gasteiger partial charge in [-0.3, -0.25) is 4.79 Å². The van der Waals surface area contributed by atoms with E-state index in [-0.39, 0.29) is 11.5 Å². The van der Waals surface area contributed by atoms with Crippen molar-refractivity contribution in [3.8, 4) is 5.75 Å². The Morgan fingerprint density at radius 3 is 2.52 bits per heavy atom. The lowest BCUT2D eigenvalue weighted by molar-refractivity contribution is -0.114. The lowest BCUT2D eigenvalue weighted by Crippen LogP contribution is -2.29. The summed E-state index contributed by atoms with van der Waals surface area (Å²) in [5, 5.41) is 9.59. The number of carbonyl (C=O) groups excluding carboxylic acids is 2. The second kappa shape index (κ2) is 6.40. The van der Waals surface area contributed by atoms with Crippen molar-refractivity contribution in [2.75, 3.05) is 0 Å². The number of hydrogen-bond acceptors (Lipinski definition) is 4. The number of ketones is 1. The maximum atomic E-state index is 12.4. The van der Waals surface area contributed by atoms with Gasteiger partial charge in [-0.25, -0.2) is 4.79 Å². The SMILES string of the molecule is C=C(/C=C\C(=O)CC)C1(c2ccc(O)cc2)OC(=O)c2ccccc21. The van der Waals surface area contributed by atoms with Crippen LogP contribution in [0.4, 0.5) is 0 Å². The van der Waals surface area contributed by atoms with E-state index in [9.17, 15) is 14.7 Å². The van der Waals surface area contributed by atoms with Gasteiger partial charge in [0.2, 0.25) is 0 Å². The Balaban J connectivity index is 2.19. The van der Waals surface area contributed by atoms with Gasteiger partial charge in [0.15, 0.2) is 11.4 Å². The molecule has 1 N–H and O–H groups in total. The average Bonchev–Trinajstić information content (AvgIpc) is 2.94. The highest BCUT2D eigenvalue weighted by Gasteiger charge is 2.48. The Labute approximate surface area is 146 Å². The number of ether oxygens (including phenoxy) is 1. The molecule has 1 aliphatic rings. The van der Waals surface area contributed by atoms with Crippen molar-refractivity contribution < 1.29 is 19.4 Å². The van der Waals surface area contributed by atoms with E-state index in [0.717, 1.165) is 0 Å². The number of rotatable bonds is 5. The molecule has 1 unspecified atom stereocenters. The number of benzene rings is 2. The fourth-order valence-corrected chi connectivity index (χ4v) is 2.98. The first-order chi connectivity index (χ1) is 12.0. The van der Waals surface area contributed by atoms with E-state index in [4.69, 9.17) is 4.74 Å². The molecule has 4 nitrogen and oxygen atoms in total.